The summed E-state index contributed by atoms with van der Waals surface area (Å²) < 4.78 is 26.4. The lowest BCUT2D eigenvalue weighted by atomic mass is 10.0. The van der Waals surface area contributed by atoms with Crippen LogP contribution in [0.2, 0.25) is 0 Å². The van der Waals surface area contributed by atoms with Crippen molar-refractivity contribution >= 4 is 29.7 Å². The van der Waals surface area contributed by atoms with E-state index >= 15 is 0 Å². The van der Waals surface area contributed by atoms with Crippen molar-refractivity contribution in [3.8, 4) is 5.75 Å². The second-order valence-corrected chi connectivity index (χ2v) is 11.0. The van der Waals surface area contributed by atoms with Gasteiger partial charge in [0.15, 0.2) is 11.9 Å². The number of alkyl carbamates (subject to hydrolysis) is 1. The molecule has 0 saturated carbocycles. The highest BCUT2D eigenvalue weighted by molar-refractivity contribution is 5.82. The molecule has 16 nitrogen and oxygen atoms in total. The van der Waals surface area contributed by atoms with Crippen LogP contribution in [0.4, 0.5) is 10.5 Å². The highest BCUT2D eigenvalue weighted by Crippen LogP contribution is 2.31. The van der Waals surface area contributed by atoms with Gasteiger partial charge in [-0.2, -0.15) is 0 Å². The Labute approximate surface area is 271 Å². The summed E-state index contributed by atoms with van der Waals surface area (Å²) >= 11 is 0. The Hall–Kier alpha value is -5.37. The van der Waals surface area contributed by atoms with Gasteiger partial charge in [0.05, 0.1) is 18.1 Å². The first-order valence-corrected chi connectivity index (χ1v) is 14.8. The summed E-state index contributed by atoms with van der Waals surface area (Å²) in [6, 6.07) is 10.1. The Morgan fingerprint density at radius 1 is 0.936 bits per heavy atom. The SMILES string of the molecule is CCOC(=O)C(CCC(Oc1ccc(CC(NC(=O)OC(C)(C)C)C(=O)OCc2ccccc2)cc1[N+](=O)[O-])C(=O)OCC)N=[N+]=[N-]. The van der Waals surface area contributed by atoms with E-state index in [1.54, 1.807) is 65.0 Å². The molecular formula is C31H39N5O11. The van der Waals surface area contributed by atoms with Gasteiger partial charge in [-0.3, -0.25) is 14.9 Å². The number of nitro benzene ring substituents is 1. The number of carbonyl (C=O) groups excluding carboxylic acids is 4. The van der Waals surface area contributed by atoms with Crippen LogP contribution in [0.25, 0.3) is 10.4 Å². The van der Waals surface area contributed by atoms with Gasteiger partial charge in [0.25, 0.3) is 0 Å². The van der Waals surface area contributed by atoms with Crippen molar-refractivity contribution in [1.29, 1.82) is 0 Å². The van der Waals surface area contributed by atoms with Crippen LogP contribution in [0.5, 0.6) is 5.75 Å². The fourth-order valence-electron chi connectivity index (χ4n) is 4.09. The average Bonchev–Trinajstić information content (AvgIpc) is 3.01. The zero-order valence-electron chi connectivity index (χ0n) is 26.9. The molecule has 0 aliphatic rings. The standard InChI is InChI=1S/C31H39N5O11/c1-6-43-27(37)22(34-35-32)14-16-26(29(39)44-7-2)46-25-15-13-21(18-24(25)36(41)42)17-23(33-30(40)47-31(3,4)5)28(38)45-19-20-11-9-8-10-12-20/h8-13,15,18,22-23,26H,6-7,14,16-17,19H2,1-5H3,(H,33,40). The summed E-state index contributed by atoms with van der Waals surface area (Å²) in [5, 5.41) is 18.0. The van der Waals surface area contributed by atoms with Gasteiger partial charge in [0, 0.05) is 17.4 Å². The van der Waals surface area contributed by atoms with Gasteiger partial charge in [0.1, 0.15) is 24.3 Å². The Bertz CT molecular complexity index is 1440. The molecule has 0 radical (unpaired) electrons. The number of nitro groups is 1. The van der Waals surface area contributed by atoms with Gasteiger partial charge >= 0.3 is 29.7 Å². The first kappa shape index (κ1) is 37.8. The zero-order valence-corrected chi connectivity index (χ0v) is 26.9. The monoisotopic (exact) mass is 657 g/mol. The van der Waals surface area contributed by atoms with E-state index in [1.807, 2.05) is 0 Å². The minimum atomic E-state index is -1.42. The number of azide groups is 1. The zero-order chi connectivity index (χ0) is 35.0. The molecule has 2 rings (SSSR count). The quantitative estimate of drug-likeness (QED) is 0.0448. The lowest BCUT2D eigenvalue weighted by Gasteiger charge is -2.23. The van der Waals surface area contributed by atoms with E-state index in [0.717, 1.165) is 6.07 Å². The Morgan fingerprint density at radius 2 is 1.60 bits per heavy atom. The van der Waals surface area contributed by atoms with E-state index < -0.39 is 58.4 Å². The maximum Gasteiger partial charge on any atom is 0.408 e. The first-order chi connectivity index (χ1) is 22.3. The number of benzene rings is 2. The fraction of sp³-hybridized carbons (Fsp3) is 0.484. The predicted molar refractivity (Wildman–Crippen MR) is 166 cm³/mol. The van der Waals surface area contributed by atoms with Crippen LogP contribution in [-0.4, -0.2) is 65.9 Å². The molecule has 254 valence electrons. The molecule has 2 aromatic carbocycles. The summed E-state index contributed by atoms with van der Waals surface area (Å²) in [5.74, 6) is -2.78. The van der Waals surface area contributed by atoms with Crippen molar-refractivity contribution in [3.05, 3.63) is 80.2 Å². The van der Waals surface area contributed by atoms with Crippen molar-refractivity contribution in [1.82, 2.24) is 5.32 Å². The number of nitrogens with zero attached hydrogens (tertiary/aromatic N) is 4. The molecule has 47 heavy (non-hydrogen) atoms. The number of ether oxygens (including phenoxy) is 5. The molecule has 0 fully saturated rings. The average molecular weight is 658 g/mol. The maximum absolute atomic E-state index is 13.1. The molecule has 0 spiro atoms. The first-order valence-electron chi connectivity index (χ1n) is 14.8. The van der Waals surface area contributed by atoms with E-state index in [4.69, 9.17) is 29.2 Å². The molecular weight excluding hydrogens is 618 g/mol. The second-order valence-electron chi connectivity index (χ2n) is 11.0. The third kappa shape index (κ3) is 13.3. The van der Waals surface area contributed by atoms with E-state index in [-0.39, 0.29) is 50.4 Å². The molecule has 0 aliphatic heterocycles. The van der Waals surface area contributed by atoms with Crippen molar-refractivity contribution in [2.75, 3.05) is 13.2 Å². The van der Waals surface area contributed by atoms with Crippen LogP contribution < -0.4 is 10.1 Å². The van der Waals surface area contributed by atoms with Crippen LogP contribution in [-0.2, 0) is 46.4 Å². The number of nitrogens with one attached hydrogen (secondary N) is 1. The van der Waals surface area contributed by atoms with E-state index in [0.29, 0.717) is 5.56 Å². The maximum atomic E-state index is 13.1. The fourth-order valence-corrected chi connectivity index (χ4v) is 4.09. The Kier molecular flexibility index (Phi) is 14.9. The second kappa shape index (κ2) is 18.6. The van der Waals surface area contributed by atoms with Crippen LogP contribution >= 0.6 is 0 Å². The number of carbonyl (C=O) groups is 4. The Morgan fingerprint density at radius 3 is 2.19 bits per heavy atom. The minimum Gasteiger partial charge on any atom is -0.472 e. The molecule has 0 heterocycles. The molecule has 0 saturated heterocycles. The largest absolute Gasteiger partial charge is 0.472 e. The van der Waals surface area contributed by atoms with Gasteiger partial charge in [-0.25, -0.2) is 14.4 Å². The van der Waals surface area contributed by atoms with Gasteiger partial charge in [-0.1, -0.05) is 41.5 Å². The smallest absolute Gasteiger partial charge is 0.408 e. The summed E-state index contributed by atoms with van der Waals surface area (Å²) in [6.07, 6.45) is -2.92. The molecule has 3 unspecified atom stereocenters. The molecule has 0 aliphatic carbocycles. The Balaban J connectivity index is 2.34. The lowest BCUT2D eigenvalue weighted by Crippen LogP contribution is -2.45. The minimum absolute atomic E-state index is 0.0240. The third-order valence-corrected chi connectivity index (χ3v) is 6.13. The number of amides is 1. The summed E-state index contributed by atoms with van der Waals surface area (Å²) in [4.78, 5) is 64.5. The number of esters is 3. The molecule has 3 atom stereocenters. The third-order valence-electron chi connectivity index (χ3n) is 6.13. The molecule has 0 bridgehead atoms. The van der Waals surface area contributed by atoms with Gasteiger partial charge < -0.3 is 29.0 Å². The normalized spacial score (nSPS) is 12.7. The highest BCUT2D eigenvalue weighted by Gasteiger charge is 2.31. The number of hydrogen-bond donors (Lipinski definition) is 1. The van der Waals surface area contributed by atoms with Crippen LogP contribution in [0.3, 0.4) is 0 Å². The topological polar surface area (TPSA) is 218 Å². The molecule has 1 N–H and O–H groups in total. The summed E-state index contributed by atoms with van der Waals surface area (Å²) in [5.41, 5.74) is 8.38. The predicted octanol–water partition coefficient (Wildman–Crippen LogP) is 5.11. The highest BCUT2D eigenvalue weighted by atomic mass is 16.6. The van der Waals surface area contributed by atoms with Gasteiger partial charge in [0.2, 0.25) is 0 Å². The van der Waals surface area contributed by atoms with Gasteiger partial charge in [-0.15, -0.1) is 0 Å². The van der Waals surface area contributed by atoms with Crippen molar-refractivity contribution in [2.24, 2.45) is 5.11 Å². The van der Waals surface area contributed by atoms with Crippen LogP contribution in [0.1, 0.15) is 58.6 Å². The molecule has 2 aromatic rings. The molecule has 16 heteroatoms. The van der Waals surface area contributed by atoms with E-state index in [9.17, 15) is 29.3 Å². The van der Waals surface area contributed by atoms with Crippen molar-refractivity contribution in [3.63, 3.8) is 0 Å². The van der Waals surface area contributed by atoms with E-state index in [2.05, 4.69) is 15.3 Å². The number of hydrogen-bond acceptors (Lipinski definition) is 12. The molecule has 0 aromatic heterocycles. The van der Waals surface area contributed by atoms with Crippen LogP contribution in [0.15, 0.2) is 53.6 Å². The van der Waals surface area contributed by atoms with E-state index in [1.165, 1.54) is 12.1 Å². The summed E-state index contributed by atoms with van der Waals surface area (Å²) in [7, 11) is 0. The number of rotatable bonds is 17. The lowest BCUT2D eigenvalue weighted by molar-refractivity contribution is -0.386. The molecule has 1 amide bonds. The summed E-state index contributed by atoms with van der Waals surface area (Å²) in [6.45, 7) is 8.00. The van der Waals surface area contributed by atoms with Gasteiger partial charge in [-0.05, 0) is 70.2 Å². The van der Waals surface area contributed by atoms with Crippen LogP contribution in [0, 0.1) is 10.1 Å². The van der Waals surface area contributed by atoms with Crippen molar-refractivity contribution in [2.45, 2.75) is 84.3 Å². The van der Waals surface area contributed by atoms with Crippen molar-refractivity contribution < 1.29 is 47.8 Å².